The van der Waals surface area contributed by atoms with Gasteiger partial charge in [0.25, 0.3) is 0 Å². The lowest BCUT2D eigenvalue weighted by Gasteiger charge is -2.36. The molecule has 2 aromatic rings. The molecule has 1 aliphatic rings. The van der Waals surface area contributed by atoms with Crippen molar-refractivity contribution in [3.63, 3.8) is 0 Å². The monoisotopic (exact) mass is 340 g/mol. The van der Waals surface area contributed by atoms with Crippen LogP contribution in [0.5, 0.6) is 0 Å². The molecule has 5 nitrogen and oxygen atoms in total. The van der Waals surface area contributed by atoms with Gasteiger partial charge < -0.3 is 9.80 Å². The molecule has 0 radical (unpaired) electrons. The second-order valence-electron chi connectivity index (χ2n) is 7.27. The second kappa shape index (κ2) is 7.40. The maximum Gasteiger partial charge on any atom is 0.237 e. The first-order chi connectivity index (χ1) is 12.0. The number of fused-ring (bicyclic) bond motifs is 1. The highest BCUT2D eigenvalue weighted by Crippen LogP contribution is 2.35. The van der Waals surface area contributed by atoms with E-state index in [1.807, 2.05) is 37.6 Å². The van der Waals surface area contributed by atoms with E-state index in [-0.39, 0.29) is 11.9 Å². The minimum absolute atomic E-state index is 0.146. The maximum atomic E-state index is 13.0. The minimum Gasteiger partial charge on any atom is -0.329 e. The summed E-state index contributed by atoms with van der Waals surface area (Å²) in [6, 6.07) is 10.8. The van der Waals surface area contributed by atoms with Crippen LogP contribution >= 0.6 is 0 Å². The SMILES string of the molecule is Cc1cc(CN(C(=O)CN(C)C)[C@H]2CCCc3ccccc32)n(C)n1. The van der Waals surface area contributed by atoms with Crippen LogP contribution < -0.4 is 0 Å². The summed E-state index contributed by atoms with van der Waals surface area (Å²) < 4.78 is 1.89. The summed E-state index contributed by atoms with van der Waals surface area (Å²) in [5.41, 5.74) is 4.75. The van der Waals surface area contributed by atoms with Gasteiger partial charge in [-0.2, -0.15) is 5.10 Å². The average molecular weight is 340 g/mol. The van der Waals surface area contributed by atoms with Crippen LogP contribution in [-0.2, 0) is 24.8 Å². The molecule has 0 aliphatic heterocycles. The fraction of sp³-hybridized carbons (Fsp3) is 0.500. The number of carbonyl (C=O) groups excluding carboxylic acids is 1. The van der Waals surface area contributed by atoms with Crippen LogP contribution in [0.25, 0.3) is 0 Å². The number of amides is 1. The van der Waals surface area contributed by atoms with E-state index in [0.717, 1.165) is 30.7 Å². The third kappa shape index (κ3) is 3.93. The molecule has 0 spiro atoms. The number of likely N-dealkylation sites (N-methyl/N-ethyl adjacent to an activating group) is 1. The van der Waals surface area contributed by atoms with Gasteiger partial charge in [-0.05, 0) is 57.5 Å². The van der Waals surface area contributed by atoms with Crippen LogP contribution in [0, 0.1) is 6.92 Å². The Balaban J connectivity index is 1.94. The summed E-state index contributed by atoms with van der Waals surface area (Å²) in [6.07, 6.45) is 3.25. The van der Waals surface area contributed by atoms with E-state index in [2.05, 4.69) is 40.3 Å². The summed E-state index contributed by atoms with van der Waals surface area (Å²) >= 11 is 0. The number of nitrogens with zero attached hydrogens (tertiary/aromatic N) is 4. The Morgan fingerprint density at radius 1 is 1.32 bits per heavy atom. The molecule has 0 unspecified atom stereocenters. The Bertz CT molecular complexity index is 750. The highest BCUT2D eigenvalue weighted by Gasteiger charge is 2.30. The molecule has 1 aromatic carbocycles. The molecule has 1 amide bonds. The quantitative estimate of drug-likeness (QED) is 0.840. The predicted molar refractivity (Wildman–Crippen MR) is 99.2 cm³/mol. The van der Waals surface area contributed by atoms with Crippen molar-refractivity contribution < 1.29 is 4.79 Å². The van der Waals surface area contributed by atoms with Crippen LogP contribution in [0.15, 0.2) is 30.3 Å². The molecule has 3 rings (SSSR count). The Morgan fingerprint density at radius 2 is 2.08 bits per heavy atom. The van der Waals surface area contributed by atoms with Crippen molar-refractivity contribution in [2.75, 3.05) is 20.6 Å². The van der Waals surface area contributed by atoms with Crippen molar-refractivity contribution in [1.29, 1.82) is 0 Å². The second-order valence-corrected chi connectivity index (χ2v) is 7.27. The highest BCUT2D eigenvalue weighted by molar-refractivity contribution is 5.78. The largest absolute Gasteiger partial charge is 0.329 e. The van der Waals surface area contributed by atoms with E-state index in [0.29, 0.717) is 13.1 Å². The van der Waals surface area contributed by atoms with Crippen molar-refractivity contribution >= 4 is 5.91 Å². The Morgan fingerprint density at radius 3 is 2.76 bits per heavy atom. The fourth-order valence-corrected chi connectivity index (χ4v) is 3.77. The molecule has 134 valence electrons. The molecule has 0 bridgehead atoms. The molecule has 0 saturated heterocycles. The molecule has 5 heteroatoms. The highest BCUT2D eigenvalue weighted by atomic mass is 16.2. The van der Waals surface area contributed by atoms with E-state index in [9.17, 15) is 4.79 Å². The predicted octanol–water partition coefficient (Wildman–Crippen LogP) is 2.70. The van der Waals surface area contributed by atoms with Gasteiger partial charge in [0.05, 0.1) is 30.5 Å². The minimum atomic E-state index is 0.146. The van der Waals surface area contributed by atoms with Gasteiger partial charge in [0.2, 0.25) is 5.91 Å². The molecule has 1 heterocycles. The molecule has 1 aliphatic carbocycles. The standard InChI is InChI=1S/C20H28N4O/c1-15-12-17(23(4)21-15)13-24(20(25)14-22(2)3)19-11-7-9-16-8-5-6-10-18(16)19/h5-6,8,10,12,19H,7,9,11,13-14H2,1-4H3/t19-/m0/s1. The fourth-order valence-electron chi connectivity index (χ4n) is 3.77. The lowest BCUT2D eigenvalue weighted by molar-refractivity contribution is -0.135. The maximum absolute atomic E-state index is 13.0. The first-order valence-electron chi connectivity index (χ1n) is 8.97. The first kappa shape index (κ1) is 17.7. The third-order valence-corrected chi connectivity index (χ3v) is 4.92. The number of hydrogen-bond acceptors (Lipinski definition) is 3. The van der Waals surface area contributed by atoms with Crippen LogP contribution in [0.4, 0.5) is 0 Å². The van der Waals surface area contributed by atoms with Crippen molar-refractivity contribution in [3.8, 4) is 0 Å². The van der Waals surface area contributed by atoms with Gasteiger partial charge in [-0.15, -0.1) is 0 Å². The Hall–Kier alpha value is -2.14. The third-order valence-electron chi connectivity index (χ3n) is 4.92. The van der Waals surface area contributed by atoms with Gasteiger partial charge in [0, 0.05) is 7.05 Å². The molecule has 1 aromatic heterocycles. The van der Waals surface area contributed by atoms with E-state index in [1.54, 1.807) is 0 Å². The van der Waals surface area contributed by atoms with Crippen LogP contribution in [0.2, 0.25) is 0 Å². The first-order valence-corrected chi connectivity index (χ1v) is 8.97. The van der Waals surface area contributed by atoms with Gasteiger partial charge in [-0.3, -0.25) is 9.48 Å². The smallest absolute Gasteiger partial charge is 0.237 e. The molecular weight excluding hydrogens is 312 g/mol. The van der Waals surface area contributed by atoms with E-state index in [1.165, 1.54) is 11.1 Å². The summed E-state index contributed by atoms with van der Waals surface area (Å²) in [6.45, 7) is 3.02. The number of aromatic nitrogens is 2. The summed E-state index contributed by atoms with van der Waals surface area (Å²) in [5.74, 6) is 0.172. The normalized spacial score (nSPS) is 16.8. The number of aryl methyl sites for hydroxylation is 3. The Labute approximate surface area is 150 Å². The van der Waals surface area contributed by atoms with Gasteiger partial charge >= 0.3 is 0 Å². The topological polar surface area (TPSA) is 41.4 Å². The summed E-state index contributed by atoms with van der Waals surface area (Å²) in [4.78, 5) is 17.0. The molecule has 1 atom stereocenters. The lowest BCUT2D eigenvalue weighted by atomic mass is 9.86. The summed E-state index contributed by atoms with van der Waals surface area (Å²) in [7, 11) is 5.84. The molecule has 25 heavy (non-hydrogen) atoms. The Kier molecular flexibility index (Phi) is 5.23. The zero-order valence-electron chi connectivity index (χ0n) is 15.7. The van der Waals surface area contributed by atoms with E-state index < -0.39 is 0 Å². The summed E-state index contributed by atoms with van der Waals surface area (Å²) in [5, 5.41) is 4.44. The van der Waals surface area contributed by atoms with E-state index in [4.69, 9.17) is 0 Å². The van der Waals surface area contributed by atoms with Crippen LogP contribution in [-0.4, -0.2) is 46.1 Å². The lowest BCUT2D eigenvalue weighted by Crippen LogP contribution is -2.41. The van der Waals surface area contributed by atoms with Gasteiger partial charge in [-0.1, -0.05) is 24.3 Å². The van der Waals surface area contributed by atoms with Gasteiger partial charge in [0.1, 0.15) is 0 Å². The number of benzene rings is 1. The number of carbonyl (C=O) groups is 1. The zero-order chi connectivity index (χ0) is 18.0. The molecule has 0 fully saturated rings. The molecule has 0 N–H and O–H groups in total. The molecular formula is C20H28N4O. The van der Waals surface area contributed by atoms with Crippen molar-refractivity contribution in [2.45, 2.75) is 38.8 Å². The van der Waals surface area contributed by atoms with Crippen molar-refractivity contribution in [1.82, 2.24) is 19.6 Å². The number of hydrogen-bond donors (Lipinski definition) is 0. The average Bonchev–Trinajstić information content (AvgIpc) is 2.89. The van der Waals surface area contributed by atoms with Gasteiger partial charge in [-0.25, -0.2) is 0 Å². The van der Waals surface area contributed by atoms with Crippen LogP contribution in [0.3, 0.4) is 0 Å². The van der Waals surface area contributed by atoms with Gasteiger partial charge in [0.15, 0.2) is 0 Å². The van der Waals surface area contributed by atoms with Crippen LogP contribution in [0.1, 0.15) is 41.4 Å². The van der Waals surface area contributed by atoms with Crippen molar-refractivity contribution in [3.05, 3.63) is 52.8 Å². The molecule has 0 saturated carbocycles. The zero-order valence-corrected chi connectivity index (χ0v) is 15.7. The van der Waals surface area contributed by atoms with E-state index >= 15 is 0 Å². The van der Waals surface area contributed by atoms with Crippen molar-refractivity contribution in [2.24, 2.45) is 7.05 Å². The number of rotatable bonds is 5.